The molecule has 0 amide bonds. The molecule has 0 aliphatic carbocycles. The Morgan fingerprint density at radius 3 is 1.96 bits per heavy atom. The standard InChI is InChI=1S/C23H37NO.Sn/c1-3-5-7-9-11-13-15-20-17-18-22-23(24-19-25-22)21(20)16-14-12-10-8-6-4-2;/h17-19H,3-16H2,1-2H3;. The summed E-state index contributed by atoms with van der Waals surface area (Å²) in [6.07, 6.45) is 20.2. The molecule has 2 rings (SSSR count). The van der Waals surface area contributed by atoms with Crippen LogP contribution in [0.25, 0.3) is 11.1 Å². The van der Waals surface area contributed by atoms with Gasteiger partial charge in [-0.15, -0.1) is 0 Å². The number of fused-ring (bicyclic) bond motifs is 1. The number of unbranched alkanes of at least 4 members (excludes halogenated alkanes) is 10. The van der Waals surface area contributed by atoms with Crippen LogP contribution in [0.2, 0.25) is 0 Å². The van der Waals surface area contributed by atoms with E-state index in [1.54, 1.807) is 6.39 Å². The molecule has 0 saturated carbocycles. The predicted molar refractivity (Wildman–Crippen MR) is 114 cm³/mol. The average molecular weight is 462 g/mol. The second-order valence-electron chi connectivity index (χ2n) is 7.44. The van der Waals surface area contributed by atoms with Crippen molar-refractivity contribution in [2.24, 2.45) is 0 Å². The van der Waals surface area contributed by atoms with Crippen molar-refractivity contribution >= 4 is 35.0 Å². The smallest absolute Gasteiger partial charge is 0.181 e. The Bertz CT molecular complexity index is 593. The largest absolute Gasteiger partial charge is 0.443 e. The summed E-state index contributed by atoms with van der Waals surface area (Å²) in [6.45, 7) is 4.56. The van der Waals surface area contributed by atoms with E-state index in [0.29, 0.717) is 0 Å². The van der Waals surface area contributed by atoms with Crippen molar-refractivity contribution in [2.45, 2.75) is 104 Å². The van der Waals surface area contributed by atoms with Gasteiger partial charge in [-0.1, -0.05) is 84.1 Å². The van der Waals surface area contributed by atoms with Gasteiger partial charge in [0.1, 0.15) is 5.52 Å². The van der Waals surface area contributed by atoms with E-state index in [0.717, 1.165) is 17.5 Å². The number of rotatable bonds is 14. The first-order valence-corrected chi connectivity index (χ1v) is 10.7. The van der Waals surface area contributed by atoms with E-state index < -0.39 is 0 Å². The van der Waals surface area contributed by atoms with Gasteiger partial charge in [0.25, 0.3) is 0 Å². The van der Waals surface area contributed by atoms with Crippen molar-refractivity contribution in [1.82, 2.24) is 4.98 Å². The quantitative estimate of drug-likeness (QED) is 0.218. The van der Waals surface area contributed by atoms with Crippen molar-refractivity contribution in [3.05, 3.63) is 29.7 Å². The molecule has 0 bridgehead atoms. The normalized spacial score (nSPS) is 11.0. The molecule has 3 heteroatoms. The molecule has 0 unspecified atom stereocenters. The van der Waals surface area contributed by atoms with E-state index in [4.69, 9.17) is 4.42 Å². The van der Waals surface area contributed by atoms with Crippen LogP contribution in [0.3, 0.4) is 0 Å². The number of nitrogens with zero attached hydrogens (tertiary/aromatic N) is 1. The van der Waals surface area contributed by atoms with Crippen molar-refractivity contribution < 1.29 is 4.42 Å². The van der Waals surface area contributed by atoms with Crippen LogP contribution in [0.5, 0.6) is 0 Å². The fourth-order valence-corrected chi connectivity index (χ4v) is 3.72. The Morgan fingerprint density at radius 1 is 0.731 bits per heavy atom. The first-order valence-electron chi connectivity index (χ1n) is 10.7. The van der Waals surface area contributed by atoms with E-state index in [1.807, 2.05) is 0 Å². The Balaban J connectivity index is 0.00000338. The maximum absolute atomic E-state index is 5.53. The minimum Gasteiger partial charge on any atom is -0.443 e. The molecule has 0 atom stereocenters. The van der Waals surface area contributed by atoms with Crippen molar-refractivity contribution in [1.29, 1.82) is 0 Å². The second kappa shape index (κ2) is 14.5. The second-order valence-corrected chi connectivity index (χ2v) is 7.44. The molecule has 2 aromatic rings. The van der Waals surface area contributed by atoms with Gasteiger partial charge in [-0.2, -0.15) is 0 Å². The maximum Gasteiger partial charge on any atom is 0.181 e. The number of hydrogen-bond acceptors (Lipinski definition) is 2. The zero-order chi connectivity index (χ0) is 17.7. The summed E-state index contributed by atoms with van der Waals surface area (Å²) >= 11 is 0. The Hall–Kier alpha value is -0.511. The van der Waals surface area contributed by atoms with Crippen LogP contribution >= 0.6 is 0 Å². The van der Waals surface area contributed by atoms with E-state index in [9.17, 15) is 0 Å². The number of aryl methyl sites for hydroxylation is 2. The van der Waals surface area contributed by atoms with E-state index in [1.165, 1.54) is 94.6 Å². The summed E-state index contributed by atoms with van der Waals surface area (Å²) < 4.78 is 5.53. The molecule has 1 aromatic heterocycles. The Morgan fingerprint density at radius 2 is 1.31 bits per heavy atom. The van der Waals surface area contributed by atoms with Gasteiger partial charge < -0.3 is 4.42 Å². The molecule has 0 saturated heterocycles. The van der Waals surface area contributed by atoms with Crippen LogP contribution < -0.4 is 0 Å². The summed E-state index contributed by atoms with van der Waals surface area (Å²) in [5.41, 5.74) is 5.02. The molecule has 0 aliphatic heterocycles. The van der Waals surface area contributed by atoms with Crippen LogP contribution in [-0.4, -0.2) is 28.9 Å². The topological polar surface area (TPSA) is 26.0 Å². The van der Waals surface area contributed by atoms with Gasteiger partial charge in [0, 0.05) is 23.9 Å². The van der Waals surface area contributed by atoms with E-state index >= 15 is 0 Å². The van der Waals surface area contributed by atoms with Crippen LogP contribution in [0.1, 0.15) is 102 Å². The van der Waals surface area contributed by atoms with Gasteiger partial charge in [-0.05, 0) is 42.9 Å². The zero-order valence-corrected chi connectivity index (χ0v) is 19.8. The molecule has 2 nitrogen and oxygen atoms in total. The predicted octanol–water partition coefficient (Wildman–Crippen LogP) is 7.25. The molecule has 144 valence electrons. The summed E-state index contributed by atoms with van der Waals surface area (Å²) in [6, 6.07) is 4.39. The number of hydrogen-bond donors (Lipinski definition) is 0. The maximum atomic E-state index is 5.53. The Kier molecular flexibility index (Phi) is 13.2. The van der Waals surface area contributed by atoms with Crippen molar-refractivity contribution in [3.63, 3.8) is 0 Å². The molecular weight excluding hydrogens is 425 g/mol. The van der Waals surface area contributed by atoms with Crippen LogP contribution in [0.4, 0.5) is 0 Å². The summed E-state index contributed by atoms with van der Waals surface area (Å²) in [4.78, 5) is 4.51. The third-order valence-corrected chi connectivity index (χ3v) is 5.28. The first-order chi connectivity index (χ1) is 12.4. The third-order valence-electron chi connectivity index (χ3n) is 5.28. The van der Waals surface area contributed by atoms with Gasteiger partial charge >= 0.3 is 0 Å². The summed E-state index contributed by atoms with van der Waals surface area (Å²) in [5.74, 6) is 0. The minimum atomic E-state index is 0. The monoisotopic (exact) mass is 463 g/mol. The summed E-state index contributed by atoms with van der Waals surface area (Å²) in [5, 5.41) is 0. The van der Waals surface area contributed by atoms with Crippen LogP contribution in [0.15, 0.2) is 22.9 Å². The van der Waals surface area contributed by atoms with Gasteiger partial charge in [-0.25, -0.2) is 4.98 Å². The molecular formula is C23H37NOSn. The van der Waals surface area contributed by atoms with Gasteiger partial charge in [0.15, 0.2) is 12.0 Å². The number of aromatic nitrogens is 1. The number of benzene rings is 1. The first kappa shape index (κ1) is 23.5. The average Bonchev–Trinajstić information content (AvgIpc) is 3.10. The van der Waals surface area contributed by atoms with Crippen LogP contribution in [-0.2, 0) is 12.8 Å². The van der Waals surface area contributed by atoms with Gasteiger partial charge in [0.05, 0.1) is 0 Å². The fourth-order valence-electron chi connectivity index (χ4n) is 3.72. The van der Waals surface area contributed by atoms with Gasteiger partial charge in [-0.3, -0.25) is 0 Å². The summed E-state index contributed by atoms with van der Waals surface area (Å²) in [7, 11) is 0. The Labute approximate surface area is 177 Å². The number of oxazole rings is 1. The molecule has 0 spiro atoms. The van der Waals surface area contributed by atoms with Crippen molar-refractivity contribution in [2.75, 3.05) is 0 Å². The van der Waals surface area contributed by atoms with E-state index in [-0.39, 0.29) is 23.9 Å². The molecule has 1 aromatic carbocycles. The molecule has 1 heterocycles. The minimum absolute atomic E-state index is 0. The third kappa shape index (κ3) is 8.02. The fraction of sp³-hybridized carbons (Fsp3) is 0.696. The molecule has 0 fully saturated rings. The molecule has 0 N–H and O–H groups in total. The van der Waals surface area contributed by atoms with E-state index in [2.05, 4.69) is 31.0 Å². The van der Waals surface area contributed by atoms with Gasteiger partial charge in [0.2, 0.25) is 0 Å². The molecule has 4 radical (unpaired) electrons. The molecule has 26 heavy (non-hydrogen) atoms. The van der Waals surface area contributed by atoms with Crippen LogP contribution in [0, 0.1) is 0 Å². The zero-order valence-electron chi connectivity index (χ0n) is 17.0. The SMILES string of the molecule is CCCCCCCCc1ccc2ocnc2c1CCCCCCCC.[Sn]. The van der Waals surface area contributed by atoms with Crippen molar-refractivity contribution in [3.8, 4) is 0 Å². The molecule has 0 aliphatic rings.